The van der Waals surface area contributed by atoms with E-state index in [1.165, 1.54) is 0 Å². The van der Waals surface area contributed by atoms with Crippen LogP contribution in [0.15, 0.2) is 30.7 Å². The predicted molar refractivity (Wildman–Crippen MR) is 104 cm³/mol. The van der Waals surface area contributed by atoms with Crippen molar-refractivity contribution in [1.29, 1.82) is 0 Å². The number of hydrogen-bond acceptors (Lipinski definition) is 6. The maximum absolute atomic E-state index is 5.62. The normalized spacial score (nSPS) is 17.4. The number of nitrogens with one attached hydrogen (secondary N) is 2. The molecular weight excluding hydrogens is 342 g/mol. The third-order valence-electron chi connectivity index (χ3n) is 5.07. The number of hydrogen-bond donors (Lipinski definition) is 2. The summed E-state index contributed by atoms with van der Waals surface area (Å²) in [5.41, 5.74) is 4.34. The molecule has 3 aromatic rings. The van der Waals surface area contributed by atoms with Gasteiger partial charge in [0.25, 0.3) is 0 Å². The lowest BCUT2D eigenvalue weighted by Gasteiger charge is -2.26. The molecule has 7 nitrogen and oxygen atoms in total. The van der Waals surface area contributed by atoms with Crippen molar-refractivity contribution in [3.63, 3.8) is 0 Å². The molecule has 27 heavy (non-hydrogen) atoms. The standard InChI is InChI=1S/C20H25N5O2/c1-4-27-15-7-13(9-21-10-15)20(2,3)18-8-16(23-14-5-6-26-12-14)19-17(24-18)11-22-25-19/h7-11,14H,4-6,12H2,1-3H3,(H,22,25)(H,23,24)/t14-/m1/s1. The second kappa shape index (κ2) is 7.15. The van der Waals surface area contributed by atoms with Crippen molar-refractivity contribution < 1.29 is 9.47 Å². The Hall–Kier alpha value is -2.67. The van der Waals surface area contributed by atoms with Crippen LogP contribution in [-0.2, 0) is 10.2 Å². The van der Waals surface area contributed by atoms with Crippen LogP contribution in [0.25, 0.3) is 11.0 Å². The number of nitrogens with zero attached hydrogens (tertiary/aromatic N) is 3. The van der Waals surface area contributed by atoms with Gasteiger partial charge >= 0.3 is 0 Å². The first-order valence-corrected chi connectivity index (χ1v) is 9.35. The highest BCUT2D eigenvalue weighted by molar-refractivity contribution is 5.87. The van der Waals surface area contributed by atoms with E-state index in [4.69, 9.17) is 14.5 Å². The van der Waals surface area contributed by atoms with Crippen LogP contribution < -0.4 is 10.1 Å². The molecule has 0 amide bonds. The summed E-state index contributed by atoms with van der Waals surface area (Å²) in [5.74, 6) is 0.772. The van der Waals surface area contributed by atoms with E-state index in [2.05, 4.69) is 40.4 Å². The van der Waals surface area contributed by atoms with E-state index in [1.807, 2.05) is 25.4 Å². The smallest absolute Gasteiger partial charge is 0.137 e. The highest BCUT2D eigenvalue weighted by atomic mass is 16.5. The third kappa shape index (κ3) is 3.47. The zero-order chi connectivity index (χ0) is 18.9. The molecule has 0 aliphatic carbocycles. The number of aromatic nitrogens is 4. The number of rotatable bonds is 6. The van der Waals surface area contributed by atoms with E-state index in [0.29, 0.717) is 19.3 Å². The van der Waals surface area contributed by atoms with E-state index in [1.54, 1.807) is 6.20 Å². The van der Waals surface area contributed by atoms with Crippen LogP contribution in [0.4, 0.5) is 5.69 Å². The minimum Gasteiger partial charge on any atom is -0.492 e. The molecule has 1 saturated heterocycles. The van der Waals surface area contributed by atoms with Crippen LogP contribution in [0.2, 0.25) is 0 Å². The molecule has 0 spiro atoms. The van der Waals surface area contributed by atoms with Crippen molar-refractivity contribution >= 4 is 16.7 Å². The second-order valence-electron chi connectivity index (χ2n) is 7.35. The molecule has 7 heteroatoms. The van der Waals surface area contributed by atoms with Crippen molar-refractivity contribution in [1.82, 2.24) is 20.2 Å². The Kier molecular flexibility index (Phi) is 4.70. The number of H-pyrrole nitrogens is 1. The van der Waals surface area contributed by atoms with Crippen LogP contribution >= 0.6 is 0 Å². The largest absolute Gasteiger partial charge is 0.492 e. The zero-order valence-electron chi connectivity index (χ0n) is 16.0. The minimum atomic E-state index is -0.339. The first kappa shape index (κ1) is 17.7. The topological polar surface area (TPSA) is 85.0 Å². The van der Waals surface area contributed by atoms with Gasteiger partial charge in [0, 0.05) is 24.4 Å². The molecule has 3 aromatic heterocycles. The van der Waals surface area contributed by atoms with Gasteiger partial charge in [-0.05, 0) is 31.0 Å². The van der Waals surface area contributed by atoms with Crippen molar-refractivity contribution in [2.75, 3.05) is 25.1 Å². The molecule has 0 aromatic carbocycles. The van der Waals surface area contributed by atoms with Gasteiger partial charge in [-0.15, -0.1) is 0 Å². The number of aromatic amines is 1. The zero-order valence-corrected chi connectivity index (χ0v) is 16.0. The molecule has 142 valence electrons. The van der Waals surface area contributed by atoms with Crippen LogP contribution in [0.5, 0.6) is 5.75 Å². The molecule has 1 fully saturated rings. The molecule has 1 atom stereocenters. The Labute approximate surface area is 158 Å². The maximum atomic E-state index is 5.62. The fourth-order valence-electron chi connectivity index (χ4n) is 3.39. The molecule has 1 aliphatic rings. The molecule has 0 saturated carbocycles. The molecule has 0 radical (unpaired) electrons. The molecule has 4 heterocycles. The van der Waals surface area contributed by atoms with Crippen molar-refractivity contribution in [2.24, 2.45) is 0 Å². The monoisotopic (exact) mass is 367 g/mol. The van der Waals surface area contributed by atoms with Crippen LogP contribution in [0.3, 0.4) is 0 Å². The quantitative estimate of drug-likeness (QED) is 0.695. The summed E-state index contributed by atoms with van der Waals surface area (Å²) < 4.78 is 11.1. The van der Waals surface area contributed by atoms with Crippen molar-refractivity contribution in [3.05, 3.63) is 42.0 Å². The SMILES string of the molecule is CCOc1cncc(C(C)(C)c2cc(N[C@@H]3CCOC3)c3n[nH]cc3n2)c1. The van der Waals surface area contributed by atoms with Gasteiger partial charge in [0.05, 0.1) is 36.8 Å². The van der Waals surface area contributed by atoms with E-state index >= 15 is 0 Å². The Balaban J connectivity index is 1.74. The van der Waals surface area contributed by atoms with Gasteiger partial charge in [-0.3, -0.25) is 10.1 Å². The van der Waals surface area contributed by atoms with E-state index in [-0.39, 0.29) is 5.41 Å². The lowest BCUT2D eigenvalue weighted by molar-refractivity contribution is 0.195. The molecule has 0 unspecified atom stereocenters. The first-order valence-electron chi connectivity index (χ1n) is 9.35. The van der Waals surface area contributed by atoms with Gasteiger partial charge in [-0.2, -0.15) is 5.10 Å². The van der Waals surface area contributed by atoms with Crippen LogP contribution in [0, 0.1) is 0 Å². The van der Waals surface area contributed by atoms with Crippen LogP contribution in [0.1, 0.15) is 38.4 Å². The Morgan fingerprint density at radius 1 is 1.33 bits per heavy atom. The van der Waals surface area contributed by atoms with Crippen molar-refractivity contribution in [2.45, 2.75) is 38.6 Å². The Bertz CT molecular complexity index is 931. The maximum Gasteiger partial charge on any atom is 0.137 e. The Morgan fingerprint density at radius 3 is 3.00 bits per heavy atom. The third-order valence-corrected chi connectivity index (χ3v) is 5.07. The fraction of sp³-hybridized carbons (Fsp3) is 0.450. The Morgan fingerprint density at radius 2 is 2.22 bits per heavy atom. The number of pyridine rings is 2. The number of ether oxygens (including phenoxy) is 2. The predicted octanol–water partition coefficient (Wildman–Crippen LogP) is 3.28. The van der Waals surface area contributed by atoms with E-state index in [9.17, 15) is 0 Å². The summed E-state index contributed by atoms with van der Waals surface area (Å²) in [6.45, 7) is 8.39. The van der Waals surface area contributed by atoms with Gasteiger partial charge in [-0.1, -0.05) is 13.8 Å². The first-order chi connectivity index (χ1) is 13.1. The van der Waals surface area contributed by atoms with Crippen molar-refractivity contribution in [3.8, 4) is 5.75 Å². The molecule has 4 rings (SSSR count). The number of anilines is 1. The lowest BCUT2D eigenvalue weighted by Crippen LogP contribution is -2.23. The lowest BCUT2D eigenvalue weighted by atomic mass is 9.81. The highest BCUT2D eigenvalue weighted by Crippen LogP contribution is 2.35. The molecule has 2 N–H and O–H groups in total. The average molecular weight is 367 g/mol. The van der Waals surface area contributed by atoms with Crippen LogP contribution in [-0.4, -0.2) is 46.0 Å². The van der Waals surface area contributed by atoms with Gasteiger partial charge in [0.15, 0.2) is 0 Å². The summed E-state index contributed by atoms with van der Waals surface area (Å²) in [7, 11) is 0. The minimum absolute atomic E-state index is 0.297. The summed E-state index contributed by atoms with van der Waals surface area (Å²) in [5, 5.41) is 10.9. The molecule has 1 aliphatic heterocycles. The molecular formula is C20H25N5O2. The summed E-state index contributed by atoms with van der Waals surface area (Å²) in [6.07, 6.45) is 6.44. The number of fused-ring (bicyclic) bond motifs is 1. The second-order valence-corrected chi connectivity index (χ2v) is 7.35. The fourth-order valence-corrected chi connectivity index (χ4v) is 3.39. The van der Waals surface area contributed by atoms with E-state index < -0.39 is 0 Å². The van der Waals surface area contributed by atoms with Gasteiger partial charge < -0.3 is 14.8 Å². The summed E-state index contributed by atoms with van der Waals surface area (Å²) in [4.78, 5) is 9.21. The van der Waals surface area contributed by atoms with Gasteiger partial charge in [0.2, 0.25) is 0 Å². The van der Waals surface area contributed by atoms with Gasteiger partial charge in [0.1, 0.15) is 16.8 Å². The summed E-state index contributed by atoms with van der Waals surface area (Å²) >= 11 is 0. The summed E-state index contributed by atoms with van der Waals surface area (Å²) in [6, 6.07) is 4.43. The highest BCUT2D eigenvalue weighted by Gasteiger charge is 2.28. The van der Waals surface area contributed by atoms with E-state index in [0.717, 1.165) is 46.8 Å². The average Bonchev–Trinajstić information content (AvgIpc) is 3.33. The molecule has 0 bridgehead atoms. The van der Waals surface area contributed by atoms with Gasteiger partial charge in [-0.25, -0.2) is 4.98 Å².